The number of hydrogen-bond donors (Lipinski definition) is 4. The summed E-state index contributed by atoms with van der Waals surface area (Å²) >= 11 is 0. The first-order chi connectivity index (χ1) is 14.1. The topological polar surface area (TPSA) is 118 Å². The number of hydrogen-bond acceptors (Lipinski definition) is 5. The molecule has 6 N–H and O–H groups in total. The summed E-state index contributed by atoms with van der Waals surface area (Å²) in [6.45, 7) is -0.00967. The zero-order valence-electron chi connectivity index (χ0n) is 16.4. The van der Waals surface area contributed by atoms with E-state index in [2.05, 4.69) is 29.3 Å². The molecule has 29 heavy (non-hydrogen) atoms. The van der Waals surface area contributed by atoms with Crippen LogP contribution in [0.15, 0.2) is 48.5 Å². The summed E-state index contributed by atoms with van der Waals surface area (Å²) in [6.07, 6.45) is 3.13. The van der Waals surface area contributed by atoms with Gasteiger partial charge in [-0.05, 0) is 67.8 Å². The molecule has 0 bridgehead atoms. The molecule has 2 aromatic carbocycles. The van der Waals surface area contributed by atoms with E-state index in [-0.39, 0.29) is 6.54 Å². The molecule has 0 saturated carbocycles. The average molecular weight is 393 g/mol. The number of unbranched alkanes of at least 4 members (excludes halogenated alkanes) is 1. The number of rotatable bonds is 9. The van der Waals surface area contributed by atoms with Crippen LogP contribution in [0.3, 0.4) is 0 Å². The maximum absolute atomic E-state index is 12.2. The molecule has 152 valence electrons. The second kappa shape index (κ2) is 11.8. The largest absolute Gasteiger partial charge is 0.388 e. The van der Waals surface area contributed by atoms with E-state index < -0.39 is 24.3 Å². The first-order valence-electron chi connectivity index (χ1n) is 9.63. The first kappa shape index (κ1) is 22.3. The second-order valence-electron chi connectivity index (χ2n) is 6.66. The van der Waals surface area contributed by atoms with Crippen LogP contribution < -0.4 is 16.8 Å². The Balaban J connectivity index is 1.97. The number of carbonyl (C=O) groups is 2. The van der Waals surface area contributed by atoms with Crippen molar-refractivity contribution in [2.75, 3.05) is 19.7 Å². The Morgan fingerprint density at radius 2 is 1.52 bits per heavy atom. The number of nitrogens with two attached hydrogens (primary N) is 2. The van der Waals surface area contributed by atoms with Crippen LogP contribution in [-0.2, 0) is 11.2 Å². The Labute approximate surface area is 171 Å². The fourth-order valence-corrected chi connectivity index (χ4v) is 2.70. The number of aliphatic hydroxyl groups is 1. The molecule has 0 aliphatic heterocycles. The Morgan fingerprint density at radius 1 is 0.931 bits per heavy atom. The van der Waals surface area contributed by atoms with Gasteiger partial charge in [0.05, 0.1) is 0 Å². The van der Waals surface area contributed by atoms with Crippen LogP contribution in [-0.4, -0.2) is 42.5 Å². The number of carbonyl (C=O) groups excluding carboxylic acids is 2. The molecule has 0 spiro atoms. The summed E-state index contributed by atoms with van der Waals surface area (Å²) in [5.74, 6) is 5.24. The van der Waals surface area contributed by atoms with E-state index in [0.29, 0.717) is 5.56 Å². The monoisotopic (exact) mass is 393 g/mol. The van der Waals surface area contributed by atoms with Crippen LogP contribution >= 0.6 is 0 Å². The predicted octanol–water partition coefficient (Wildman–Crippen LogP) is 0.986. The predicted molar refractivity (Wildman–Crippen MR) is 113 cm³/mol. The molecule has 0 unspecified atom stereocenters. The van der Waals surface area contributed by atoms with Crippen molar-refractivity contribution in [1.29, 1.82) is 0 Å². The summed E-state index contributed by atoms with van der Waals surface area (Å²) < 4.78 is 0. The number of ketones is 1. The summed E-state index contributed by atoms with van der Waals surface area (Å²) in [6, 6.07) is 14.0. The lowest BCUT2D eigenvalue weighted by atomic mass is 10.1. The maximum Gasteiger partial charge on any atom is 0.251 e. The molecule has 6 nitrogen and oxygen atoms in total. The number of nitrogens with one attached hydrogen (secondary N) is 1. The Kier molecular flexibility index (Phi) is 9.06. The average Bonchev–Trinajstić information content (AvgIpc) is 2.76. The van der Waals surface area contributed by atoms with Gasteiger partial charge in [-0.1, -0.05) is 24.0 Å². The number of amides is 1. The number of benzene rings is 2. The molecule has 2 aromatic rings. The molecule has 1 amide bonds. The van der Waals surface area contributed by atoms with E-state index in [1.54, 1.807) is 24.3 Å². The van der Waals surface area contributed by atoms with Crippen molar-refractivity contribution >= 4 is 11.7 Å². The molecular weight excluding hydrogens is 366 g/mol. The second-order valence-corrected chi connectivity index (χ2v) is 6.66. The van der Waals surface area contributed by atoms with Gasteiger partial charge in [0.15, 0.2) is 5.78 Å². The van der Waals surface area contributed by atoms with E-state index in [1.807, 2.05) is 12.1 Å². The molecule has 0 heterocycles. The van der Waals surface area contributed by atoms with Gasteiger partial charge in [-0.25, -0.2) is 0 Å². The molecule has 0 fully saturated rings. The van der Waals surface area contributed by atoms with Gasteiger partial charge in [-0.2, -0.15) is 0 Å². The van der Waals surface area contributed by atoms with Crippen molar-refractivity contribution in [3.63, 3.8) is 0 Å². The lowest BCUT2D eigenvalue weighted by Gasteiger charge is -2.14. The van der Waals surface area contributed by atoms with Crippen LogP contribution in [0.1, 0.15) is 39.9 Å². The van der Waals surface area contributed by atoms with Crippen LogP contribution in [0.4, 0.5) is 0 Å². The molecule has 0 aliphatic carbocycles. The Bertz CT molecular complexity index is 865. The summed E-state index contributed by atoms with van der Waals surface area (Å²) in [5.41, 5.74) is 14.3. The van der Waals surface area contributed by atoms with Crippen LogP contribution in [0.2, 0.25) is 0 Å². The lowest BCUT2D eigenvalue weighted by molar-refractivity contribution is -0.123. The fraction of sp³-hybridized carbons (Fsp3) is 0.304. The lowest BCUT2D eigenvalue weighted by Crippen LogP contribution is -2.46. The molecular formula is C23H27N3O3. The third-order valence-electron chi connectivity index (χ3n) is 4.46. The smallest absolute Gasteiger partial charge is 0.251 e. The molecule has 1 atom stereocenters. The molecule has 6 heteroatoms. The van der Waals surface area contributed by atoms with Crippen LogP contribution in [0.5, 0.6) is 0 Å². The normalized spacial score (nSPS) is 11.3. The van der Waals surface area contributed by atoms with Crippen molar-refractivity contribution in [2.45, 2.75) is 25.3 Å². The van der Waals surface area contributed by atoms with Gasteiger partial charge >= 0.3 is 0 Å². The molecule has 0 aromatic heterocycles. The van der Waals surface area contributed by atoms with Gasteiger partial charge in [0.1, 0.15) is 12.6 Å². The first-order valence-corrected chi connectivity index (χ1v) is 9.63. The standard InChI is InChI=1S/C23H27N3O3/c24-14-2-1-3-17-4-6-18(7-5-17)8-9-19-10-12-20(13-11-19)23(29)26-21(15-25)22(28)16-27/h4-7,10-13,21,27H,1-3,14-16,24-25H2,(H,26,29)/t21-/m0/s1. The third kappa shape index (κ3) is 7.16. The van der Waals surface area contributed by atoms with Gasteiger partial charge in [-0.15, -0.1) is 0 Å². The van der Waals surface area contributed by atoms with Crippen molar-refractivity contribution in [1.82, 2.24) is 5.32 Å². The van der Waals surface area contributed by atoms with Crippen LogP contribution in [0, 0.1) is 11.8 Å². The van der Waals surface area contributed by atoms with Gasteiger partial charge in [-0.3, -0.25) is 9.59 Å². The molecule has 0 aliphatic rings. The van der Waals surface area contributed by atoms with Crippen molar-refractivity contribution in [3.8, 4) is 11.8 Å². The van der Waals surface area contributed by atoms with Crippen molar-refractivity contribution in [3.05, 3.63) is 70.8 Å². The van der Waals surface area contributed by atoms with E-state index in [9.17, 15) is 9.59 Å². The Morgan fingerprint density at radius 3 is 2.03 bits per heavy atom. The highest BCUT2D eigenvalue weighted by molar-refractivity contribution is 5.98. The van der Waals surface area contributed by atoms with Gasteiger partial charge in [0.25, 0.3) is 5.91 Å². The summed E-state index contributed by atoms with van der Waals surface area (Å²) in [4.78, 5) is 23.7. The summed E-state index contributed by atoms with van der Waals surface area (Å²) in [5, 5.41) is 11.4. The maximum atomic E-state index is 12.2. The van der Waals surface area contributed by atoms with Crippen LogP contribution in [0.25, 0.3) is 0 Å². The Hall–Kier alpha value is -2.98. The number of Topliss-reactive ketones (excluding diaryl/α,β-unsaturated/α-hetero) is 1. The summed E-state index contributed by atoms with van der Waals surface area (Å²) in [7, 11) is 0. The highest BCUT2D eigenvalue weighted by atomic mass is 16.3. The molecule has 0 saturated heterocycles. The van der Waals surface area contributed by atoms with E-state index in [4.69, 9.17) is 16.6 Å². The van der Waals surface area contributed by atoms with E-state index >= 15 is 0 Å². The number of aryl methyl sites for hydroxylation is 1. The molecule has 2 rings (SSSR count). The zero-order chi connectivity index (χ0) is 21.1. The van der Waals surface area contributed by atoms with Gasteiger partial charge in [0, 0.05) is 23.2 Å². The van der Waals surface area contributed by atoms with Crippen molar-refractivity contribution in [2.24, 2.45) is 11.5 Å². The zero-order valence-corrected chi connectivity index (χ0v) is 16.4. The van der Waals surface area contributed by atoms with Gasteiger partial charge < -0.3 is 21.9 Å². The number of aliphatic hydroxyl groups excluding tert-OH is 1. The fourth-order valence-electron chi connectivity index (χ4n) is 2.70. The SMILES string of the molecule is NCCCCc1ccc(C#Cc2ccc(C(=O)N[C@@H](CN)C(=O)CO)cc2)cc1. The van der Waals surface area contributed by atoms with E-state index in [0.717, 1.165) is 36.9 Å². The quantitative estimate of drug-likeness (QED) is 0.374. The highest BCUT2D eigenvalue weighted by Crippen LogP contribution is 2.08. The van der Waals surface area contributed by atoms with E-state index in [1.165, 1.54) is 5.56 Å². The highest BCUT2D eigenvalue weighted by Gasteiger charge is 2.18. The minimum atomic E-state index is -0.898. The minimum absolute atomic E-state index is 0.0689. The minimum Gasteiger partial charge on any atom is -0.388 e. The van der Waals surface area contributed by atoms with Gasteiger partial charge in [0.2, 0.25) is 0 Å². The molecule has 0 radical (unpaired) electrons. The van der Waals surface area contributed by atoms with Crippen molar-refractivity contribution < 1.29 is 14.7 Å². The third-order valence-corrected chi connectivity index (χ3v) is 4.46.